The van der Waals surface area contributed by atoms with Gasteiger partial charge in [-0.3, -0.25) is 19.7 Å². The Labute approximate surface area is 505 Å². The summed E-state index contributed by atoms with van der Waals surface area (Å²) in [4.78, 5) is 61.8. The van der Waals surface area contributed by atoms with Crippen LogP contribution in [0.5, 0.6) is 5.75 Å². The van der Waals surface area contributed by atoms with Crippen LogP contribution in [0.15, 0.2) is 187 Å². The standard InChI is InChI=1S/C66H62N10O6S3/c1-4-18-58-69-55(42-83-36-35-67-60(77)43-84-51-32-34-54-56(39-51)74(3)59(68-54)41-82-50-30-27-44(28-31-50)38-57-63(78)70-65(80)85-57)61(64(79)81-5-2)75(58)40-45-29-33-52(46-19-10-6-11-20-46)53(37-45)62-71-72-73-76(62)66(47-21-12-7-13-22-47,48-23-14-8-15-24-48)49-25-16-9-17-26-49/h6-17,19-34,37,39,57H,4-5,18,35-36,38,40-43H2,1-3H3,(H,67,77)(H,70,78,80). The molecule has 2 N–H and O–H groups in total. The summed E-state index contributed by atoms with van der Waals surface area (Å²) in [6.45, 7) is 5.12. The number of nitrogens with zero attached hydrogens (tertiary/aromatic N) is 8. The summed E-state index contributed by atoms with van der Waals surface area (Å²) in [5.41, 5.74) is 9.35. The Kier molecular flexibility index (Phi) is 18.3. The molecule has 1 aliphatic rings. The van der Waals surface area contributed by atoms with Gasteiger partial charge in [0.2, 0.25) is 11.8 Å². The van der Waals surface area contributed by atoms with Gasteiger partial charge >= 0.3 is 5.97 Å². The van der Waals surface area contributed by atoms with Gasteiger partial charge in [0, 0.05) is 48.5 Å². The van der Waals surface area contributed by atoms with Gasteiger partial charge in [-0.2, -0.15) is 11.8 Å². The fourth-order valence-corrected chi connectivity index (χ4v) is 13.2. The third kappa shape index (κ3) is 12.8. The van der Waals surface area contributed by atoms with Gasteiger partial charge in [0.15, 0.2) is 11.5 Å². The Hall–Kier alpha value is -8.78. The fraction of sp³-hybridized carbons (Fsp3) is 0.227. The van der Waals surface area contributed by atoms with E-state index in [1.807, 2.05) is 143 Å². The first-order valence-corrected chi connectivity index (χ1v) is 31.2. The quantitative estimate of drug-likeness (QED) is 0.0238. The zero-order valence-electron chi connectivity index (χ0n) is 47.2. The molecule has 0 radical (unpaired) electrons. The van der Waals surface area contributed by atoms with Crippen LogP contribution >= 0.6 is 35.3 Å². The Morgan fingerprint density at radius 3 is 2.07 bits per heavy atom. The van der Waals surface area contributed by atoms with Crippen LogP contribution in [-0.4, -0.2) is 92.2 Å². The lowest BCUT2D eigenvalue weighted by molar-refractivity contribution is -0.119. The van der Waals surface area contributed by atoms with E-state index >= 15 is 0 Å². The summed E-state index contributed by atoms with van der Waals surface area (Å²) in [7, 11) is 1.94. The van der Waals surface area contributed by atoms with Gasteiger partial charge in [-0.1, -0.05) is 164 Å². The number of nitrogens with one attached hydrogen (secondary N) is 2. The lowest BCUT2D eigenvalue weighted by atomic mass is 9.77. The zero-order valence-corrected chi connectivity index (χ0v) is 49.7. The van der Waals surface area contributed by atoms with E-state index in [1.165, 1.54) is 11.8 Å². The molecule has 19 heteroatoms. The third-order valence-corrected chi connectivity index (χ3v) is 17.7. The van der Waals surface area contributed by atoms with E-state index in [2.05, 4.69) is 89.5 Å². The molecule has 3 aromatic heterocycles. The second kappa shape index (κ2) is 26.9. The maximum atomic E-state index is 14.1. The second-order valence-electron chi connectivity index (χ2n) is 20.3. The number of hydrogen-bond donors (Lipinski definition) is 2. The fourth-order valence-electron chi connectivity index (χ4n) is 10.8. The van der Waals surface area contributed by atoms with Crippen molar-refractivity contribution >= 4 is 69.3 Å². The molecule has 85 heavy (non-hydrogen) atoms. The first-order chi connectivity index (χ1) is 41.6. The minimum Gasteiger partial charge on any atom is -0.486 e. The van der Waals surface area contributed by atoms with Crippen molar-refractivity contribution in [2.45, 2.75) is 67.7 Å². The summed E-state index contributed by atoms with van der Waals surface area (Å²) >= 11 is 4.06. The number of aryl methyl sites for hydroxylation is 2. The minimum absolute atomic E-state index is 0.0890. The smallest absolute Gasteiger partial charge is 0.356 e. The summed E-state index contributed by atoms with van der Waals surface area (Å²) < 4.78 is 17.8. The number of carbonyl (C=O) groups is 4. The first kappa shape index (κ1) is 58.0. The molecular weight excluding hydrogens is 1120 g/mol. The minimum atomic E-state index is -0.987. The van der Waals surface area contributed by atoms with Crippen LogP contribution in [0.25, 0.3) is 33.5 Å². The third-order valence-electron chi connectivity index (χ3n) is 14.8. The molecule has 1 atom stereocenters. The predicted octanol–water partition coefficient (Wildman–Crippen LogP) is 11.7. The van der Waals surface area contributed by atoms with Crippen molar-refractivity contribution < 1.29 is 28.7 Å². The highest BCUT2D eigenvalue weighted by Gasteiger charge is 2.42. The Bertz CT molecular complexity index is 3880. The van der Waals surface area contributed by atoms with Crippen molar-refractivity contribution in [3.05, 3.63) is 233 Å². The Morgan fingerprint density at radius 1 is 0.753 bits per heavy atom. The molecule has 0 saturated carbocycles. The Morgan fingerprint density at radius 2 is 1.42 bits per heavy atom. The van der Waals surface area contributed by atoms with E-state index in [9.17, 15) is 19.2 Å². The number of carbonyl (C=O) groups excluding carboxylic acids is 4. The van der Waals surface area contributed by atoms with Crippen molar-refractivity contribution in [3.63, 3.8) is 0 Å². The summed E-state index contributed by atoms with van der Waals surface area (Å²) in [5, 5.41) is 18.9. The number of fused-ring (bicyclic) bond motifs is 1. The van der Waals surface area contributed by atoms with Gasteiger partial charge in [-0.25, -0.2) is 19.4 Å². The van der Waals surface area contributed by atoms with Gasteiger partial charge in [0.05, 0.1) is 34.3 Å². The number of hydrogen-bond acceptors (Lipinski definition) is 14. The van der Waals surface area contributed by atoms with E-state index in [1.54, 1.807) is 11.8 Å². The molecule has 1 aliphatic heterocycles. The van der Waals surface area contributed by atoms with Crippen LogP contribution < -0.4 is 15.4 Å². The Balaban J connectivity index is 0.777. The second-order valence-corrected chi connectivity index (χ2v) is 23.6. The number of imide groups is 1. The highest BCUT2D eigenvalue weighted by Crippen LogP contribution is 2.44. The first-order valence-electron chi connectivity index (χ1n) is 28.2. The number of ether oxygens (including phenoxy) is 2. The number of amides is 3. The molecule has 1 fully saturated rings. The number of rotatable bonds is 25. The molecule has 0 bridgehead atoms. The number of tetrazole rings is 1. The average molecular weight is 1190 g/mol. The van der Waals surface area contributed by atoms with Gasteiger partial charge in [0.25, 0.3) is 5.24 Å². The number of esters is 1. The molecule has 11 rings (SSSR count). The topological polar surface area (TPSA) is 190 Å². The van der Waals surface area contributed by atoms with Gasteiger partial charge in [-0.05, 0) is 106 Å². The van der Waals surface area contributed by atoms with Crippen molar-refractivity contribution in [1.29, 1.82) is 0 Å². The van der Waals surface area contributed by atoms with Gasteiger partial charge < -0.3 is 23.9 Å². The molecule has 0 spiro atoms. The van der Waals surface area contributed by atoms with Gasteiger partial charge in [-0.15, -0.1) is 16.9 Å². The van der Waals surface area contributed by atoms with Crippen molar-refractivity contribution in [3.8, 4) is 28.3 Å². The molecule has 10 aromatic rings. The van der Waals surface area contributed by atoms with Crippen LogP contribution in [0, 0.1) is 0 Å². The van der Waals surface area contributed by atoms with Crippen LogP contribution in [0.3, 0.4) is 0 Å². The molecule has 0 aliphatic carbocycles. The van der Waals surface area contributed by atoms with Crippen molar-refractivity contribution in [2.24, 2.45) is 7.05 Å². The number of imidazole rings is 2. The van der Waals surface area contributed by atoms with Crippen molar-refractivity contribution in [2.75, 3.05) is 24.7 Å². The van der Waals surface area contributed by atoms with Crippen LogP contribution in [-0.2, 0) is 58.7 Å². The number of aromatic nitrogens is 8. The molecule has 4 heterocycles. The lowest BCUT2D eigenvalue weighted by Gasteiger charge is -2.36. The SMILES string of the molecule is CCCc1nc(CSCCNC(=O)CSc2ccc3nc(COc4ccc(CC5SC(=O)NC5=O)cc4)n(C)c3c2)c(C(=O)OCC)n1Cc1ccc(-c2ccccc2)c(-c2nnnn2C(c2ccccc2)(c2ccccc2)c2ccccc2)c1. The monoisotopic (exact) mass is 1190 g/mol. The average Bonchev–Trinajstić information content (AvgIpc) is 2.38. The lowest BCUT2D eigenvalue weighted by Crippen LogP contribution is -2.39. The van der Waals surface area contributed by atoms with E-state index in [4.69, 9.17) is 29.8 Å². The number of thioether (sulfide) groups is 3. The maximum Gasteiger partial charge on any atom is 0.356 e. The number of benzene rings is 7. The van der Waals surface area contributed by atoms with E-state index in [0.717, 1.165) is 90.3 Å². The molecule has 3 amide bonds. The van der Waals surface area contributed by atoms with Crippen LogP contribution in [0.4, 0.5) is 4.79 Å². The maximum absolute atomic E-state index is 14.1. The molecule has 7 aromatic carbocycles. The van der Waals surface area contributed by atoms with E-state index < -0.39 is 16.8 Å². The largest absolute Gasteiger partial charge is 0.486 e. The summed E-state index contributed by atoms with van der Waals surface area (Å²) in [5.74, 6) is 3.22. The normalized spacial score (nSPS) is 13.3. The van der Waals surface area contributed by atoms with Crippen LogP contribution in [0.2, 0.25) is 0 Å². The molecule has 1 saturated heterocycles. The molecular formula is C66H62N10O6S3. The predicted molar refractivity (Wildman–Crippen MR) is 335 cm³/mol. The zero-order chi connectivity index (χ0) is 58.7. The van der Waals surface area contributed by atoms with Crippen molar-refractivity contribution in [1.82, 2.24) is 49.9 Å². The summed E-state index contributed by atoms with van der Waals surface area (Å²) in [6.07, 6.45) is 1.90. The van der Waals surface area contributed by atoms with Crippen LogP contribution in [0.1, 0.15) is 75.9 Å². The van der Waals surface area contributed by atoms with Gasteiger partial charge in [0.1, 0.15) is 29.5 Å². The van der Waals surface area contributed by atoms with E-state index in [0.29, 0.717) is 60.4 Å². The van der Waals surface area contributed by atoms with E-state index in [-0.39, 0.29) is 36.0 Å². The highest BCUT2D eigenvalue weighted by atomic mass is 32.2. The summed E-state index contributed by atoms with van der Waals surface area (Å²) in [6, 6.07) is 61.1. The molecule has 430 valence electrons. The molecule has 16 nitrogen and oxygen atoms in total. The highest BCUT2D eigenvalue weighted by molar-refractivity contribution is 8.15. The molecule has 1 unspecified atom stereocenters.